The summed E-state index contributed by atoms with van der Waals surface area (Å²) < 4.78 is 43.3. The van der Waals surface area contributed by atoms with Crippen molar-refractivity contribution in [2.75, 3.05) is 6.61 Å². The van der Waals surface area contributed by atoms with Crippen LogP contribution in [0, 0.1) is 11.3 Å². The third-order valence-electron chi connectivity index (χ3n) is 3.62. The fraction of sp³-hybridized carbons (Fsp3) is 0.571. The molecule has 0 bridgehead atoms. The zero-order chi connectivity index (χ0) is 15.5. The predicted molar refractivity (Wildman–Crippen MR) is 69.5 cm³/mol. The highest BCUT2D eigenvalue weighted by Crippen LogP contribution is 2.31. The van der Waals surface area contributed by atoms with Gasteiger partial charge >= 0.3 is 6.18 Å². The van der Waals surface area contributed by atoms with Crippen molar-refractivity contribution in [3.8, 4) is 11.9 Å². The average molecular weight is 299 g/mol. The normalized spacial score (nSPS) is 18.0. The van der Waals surface area contributed by atoms with E-state index in [9.17, 15) is 13.2 Å². The number of halogens is 3. The number of rotatable bonds is 3. The molecule has 1 aromatic heterocycles. The van der Waals surface area contributed by atoms with Crippen LogP contribution in [0.4, 0.5) is 13.2 Å². The molecule has 0 saturated heterocycles. The fourth-order valence-corrected chi connectivity index (χ4v) is 2.41. The Bertz CT molecular complexity index is 545. The van der Waals surface area contributed by atoms with E-state index < -0.39 is 17.4 Å². The van der Waals surface area contributed by atoms with Crippen LogP contribution in [0.2, 0.25) is 0 Å². The van der Waals surface area contributed by atoms with E-state index in [1.54, 1.807) is 6.07 Å². The Labute approximate surface area is 120 Å². The molecule has 0 amide bonds. The van der Waals surface area contributed by atoms with Gasteiger partial charge in [-0.25, -0.2) is 4.98 Å². The SMILES string of the molecule is N#Cc1ccc(C(F)(F)F)nc1OCC1(N)CCCCC1. The maximum absolute atomic E-state index is 12.6. The molecule has 1 heterocycles. The maximum atomic E-state index is 12.6. The molecule has 114 valence electrons. The van der Waals surface area contributed by atoms with Crippen LogP contribution in [0.5, 0.6) is 5.88 Å². The Morgan fingerprint density at radius 3 is 2.52 bits per heavy atom. The van der Waals surface area contributed by atoms with Gasteiger partial charge in [0.25, 0.3) is 0 Å². The Balaban J connectivity index is 2.16. The van der Waals surface area contributed by atoms with Crippen LogP contribution in [0.15, 0.2) is 12.1 Å². The second-order valence-corrected chi connectivity index (χ2v) is 5.37. The van der Waals surface area contributed by atoms with E-state index in [4.69, 9.17) is 15.7 Å². The van der Waals surface area contributed by atoms with Gasteiger partial charge in [-0.15, -0.1) is 0 Å². The van der Waals surface area contributed by atoms with Crippen molar-refractivity contribution in [1.82, 2.24) is 4.98 Å². The van der Waals surface area contributed by atoms with E-state index in [-0.39, 0.29) is 18.1 Å². The number of ether oxygens (including phenoxy) is 1. The maximum Gasteiger partial charge on any atom is 0.433 e. The third-order valence-corrected chi connectivity index (χ3v) is 3.62. The number of nitrogens with zero attached hydrogens (tertiary/aromatic N) is 2. The number of hydrogen-bond donors (Lipinski definition) is 1. The Morgan fingerprint density at radius 2 is 1.95 bits per heavy atom. The van der Waals surface area contributed by atoms with Gasteiger partial charge in [0.15, 0.2) is 0 Å². The van der Waals surface area contributed by atoms with Gasteiger partial charge in [-0.3, -0.25) is 0 Å². The largest absolute Gasteiger partial charge is 0.475 e. The quantitative estimate of drug-likeness (QED) is 0.931. The molecule has 7 heteroatoms. The number of nitrogens with two attached hydrogens (primary N) is 1. The average Bonchev–Trinajstić information content (AvgIpc) is 2.44. The molecule has 1 aliphatic rings. The zero-order valence-electron chi connectivity index (χ0n) is 11.4. The molecular weight excluding hydrogens is 283 g/mol. The van der Waals surface area contributed by atoms with E-state index in [0.717, 1.165) is 44.2 Å². The molecule has 4 nitrogen and oxygen atoms in total. The van der Waals surface area contributed by atoms with Crippen LogP contribution >= 0.6 is 0 Å². The first-order valence-electron chi connectivity index (χ1n) is 6.74. The minimum absolute atomic E-state index is 0.0255. The minimum Gasteiger partial charge on any atom is -0.475 e. The summed E-state index contributed by atoms with van der Waals surface area (Å²) in [5.41, 5.74) is 4.51. The third kappa shape index (κ3) is 3.85. The molecule has 1 aromatic rings. The molecule has 0 aromatic carbocycles. The van der Waals surface area contributed by atoms with Gasteiger partial charge in [-0.1, -0.05) is 19.3 Å². The standard InChI is InChI=1S/C14H16F3N3O/c15-14(16,17)11-5-4-10(8-18)12(20-11)21-9-13(19)6-2-1-3-7-13/h4-5H,1-3,6-7,9,19H2. The summed E-state index contributed by atoms with van der Waals surface area (Å²) in [4.78, 5) is 3.41. The van der Waals surface area contributed by atoms with Crippen LogP contribution in [-0.4, -0.2) is 17.1 Å². The molecule has 2 N–H and O–H groups in total. The van der Waals surface area contributed by atoms with Gasteiger partial charge in [-0.05, 0) is 25.0 Å². The van der Waals surface area contributed by atoms with Gasteiger partial charge < -0.3 is 10.5 Å². The summed E-state index contributed by atoms with van der Waals surface area (Å²) in [6, 6.07) is 3.61. The Morgan fingerprint density at radius 1 is 1.29 bits per heavy atom. The second-order valence-electron chi connectivity index (χ2n) is 5.37. The molecule has 0 spiro atoms. The summed E-state index contributed by atoms with van der Waals surface area (Å²) in [6.07, 6.45) is -0.00872. The fourth-order valence-electron chi connectivity index (χ4n) is 2.41. The lowest BCUT2D eigenvalue weighted by molar-refractivity contribution is -0.141. The summed E-state index contributed by atoms with van der Waals surface area (Å²) >= 11 is 0. The van der Waals surface area contributed by atoms with Gasteiger partial charge in [0.1, 0.15) is 23.9 Å². The first-order valence-corrected chi connectivity index (χ1v) is 6.74. The number of pyridine rings is 1. The van der Waals surface area contributed by atoms with Crippen LogP contribution < -0.4 is 10.5 Å². The van der Waals surface area contributed by atoms with E-state index in [0.29, 0.717) is 0 Å². The Kier molecular flexibility index (Phi) is 4.37. The van der Waals surface area contributed by atoms with Gasteiger partial charge in [0, 0.05) is 0 Å². The summed E-state index contributed by atoms with van der Waals surface area (Å²) in [5, 5.41) is 8.93. The molecule has 0 unspecified atom stereocenters. The van der Waals surface area contributed by atoms with Crippen molar-refractivity contribution in [2.45, 2.75) is 43.8 Å². The van der Waals surface area contributed by atoms with E-state index in [1.807, 2.05) is 0 Å². The molecule has 0 aliphatic heterocycles. The van der Waals surface area contributed by atoms with Gasteiger partial charge in [0.05, 0.1) is 5.54 Å². The summed E-state index contributed by atoms with van der Waals surface area (Å²) in [7, 11) is 0. The molecule has 0 radical (unpaired) electrons. The molecule has 21 heavy (non-hydrogen) atoms. The molecule has 1 fully saturated rings. The lowest BCUT2D eigenvalue weighted by Crippen LogP contribution is -2.47. The van der Waals surface area contributed by atoms with E-state index in [1.165, 1.54) is 0 Å². The smallest absolute Gasteiger partial charge is 0.433 e. The number of aromatic nitrogens is 1. The molecule has 0 atom stereocenters. The van der Waals surface area contributed by atoms with Crippen molar-refractivity contribution in [3.63, 3.8) is 0 Å². The first kappa shape index (κ1) is 15.6. The molecule has 2 rings (SSSR count). The lowest BCUT2D eigenvalue weighted by atomic mass is 9.83. The van der Waals surface area contributed by atoms with Crippen LogP contribution in [0.3, 0.4) is 0 Å². The number of hydrogen-bond acceptors (Lipinski definition) is 4. The van der Waals surface area contributed by atoms with Gasteiger partial charge in [0.2, 0.25) is 5.88 Å². The van der Waals surface area contributed by atoms with E-state index >= 15 is 0 Å². The topological polar surface area (TPSA) is 71.9 Å². The van der Waals surface area contributed by atoms with Crippen LogP contribution in [0.1, 0.15) is 43.4 Å². The minimum atomic E-state index is -4.57. The van der Waals surface area contributed by atoms with Crippen LogP contribution in [-0.2, 0) is 6.18 Å². The summed E-state index contributed by atoms with van der Waals surface area (Å²) in [5.74, 6) is -0.303. The lowest BCUT2D eigenvalue weighted by Gasteiger charge is -2.32. The highest BCUT2D eigenvalue weighted by molar-refractivity contribution is 5.39. The van der Waals surface area contributed by atoms with Crippen molar-refractivity contribution in [3.05, 3.63) is 23.4 Å². The van der Waals surface area contributed by atoms with Crippen molar-refractivity contribution in [1.29, 1.82) is 5.26 Å². The van der Waals surface area contributed by atoms with Crippen molar-refractivity contribution >= 4 is 0 Å². The monoisotopic (exact) mass is 299 g/mol. The molecular formula is C14H16F3N3O. The summed E-state index contributed by atoms with van der Waals surface area (Å²) in [6.45, 7) is 0.0655. The number of nitriles is 1. The predicted octanol–water partition coefficient (Wildman–Crippen LogP) is 3.01. The van der Waals surface area contributed by atoms with Crippen LogP contribution in [0.25, 0.3) is 0 Å². The van der Waals surface area contributed by atoms with Crippen molar-refractivity contribution in [2.24, 2.45) is 5.73 Å². The zero-order valence-corrected chi connectivity index (χ0v) is 11.4. The Hall–Kier alpha value is -1.81. The molecule has 1 aliphatic carbocycles. The van der Waals surface area contributed by atoms with E-state index in [2.05, 4.69) is 4.98 Å². The highest BCUT2D eigenvalue weighted by atomic mass is 19.4. The van der Waals surface area contributed by atoms with Crippen molar-refractivity contribution < 1.29 is 17.9 Å². The highest BCUT2D eigenvalue weighted by Gasteiger charge is 2.34. The molecule has 1 saturated carbocycles. The second kappa shape index (κ2) is 5.90. The number of alkyl halides is 3. The first-order chi connectivity index (χ1) is 9.84. The van der Waals surface area contributed by atoms with Gasteiger partial charge in [-0.2, -0.15) is 18.4 Å².